The molecule has 14 heteroatoms. The van der Waals surface area contributed by atoms with E-state index in [0.717, 1.165) is 27.7 Å². The topological polar surface area (TPSA) is 182 Å². The van der Waals surface area contributed by atoms with E-state index in [9.17, 15) is 28.8 Å². The lowest BCUT2D eigenvalue weighted by Crippen LogP contribution is -2.57. The predicted molar refractivity (Wildman–Crippen MR) is 145 cm³/mol. The number of amides is 2. The first-order valence-corrected chi connectivity index (χ1v) is 12.4. The van der Waals surface area contributed by atoms with Gasteiger partial charge in [-0.25, -0.2) is 0 Å². The molecule has 2 rings (SSSR count). The number of ether oxygens (including phenoxy) is 6. The number of carbonyl (C=O) groups excluding carboxylic acids is 6. The van der Waals surface area contributed by atoms with Crippen LogP contribution in [-0.2, 0) is 47.7 Å². The minimum Gasteiger partial charge on any atom is -0.497 e. The normalized spacial score (nSPS) is 13.2. The Balaban J connectivity index is 2.56. The van der Waals surface area contributed by atoms with Crippen LogP contribution < -0.4 is 20.1 Å². The van der Waals surface area contributed by atoms with Crippen molar-refractivity contribution in [3.8, 4) is 11.5 Å². The van der Waals surface area contributed by atoms with Crippen LogP contribution in [-0.4, -0.2) is 74.3 Å². The van der Waals surface area contributed by atoms with Gasteiger partial charge in [-0.1, -0.05) is 0 Å². The molecular formula is C28H32N2O12. The molecular weight excluding hydrogens is 556 g/mol. The number of methoxy groups -OCH3 is 2. The van der Waals surface area contributed by atoms with Crippen LogP contribution in [0.1, 0.15) is 27.7 Å². The van der Waals surface area contributed by atoms with Gasteiger partial charge in [0.15, 0.2) is 12.2 Å². The van der Waals surface area contributed by atoms with Gasteiger partial charge in [0.2, 0.25) is 12.2 Å². The number of carbonyl (C=O) groups is 6. The highest BCUT2D eigenvalue weighted by Gasteiger charge is 2.49. The lowest BCUT2D eigenvalue weighted by Gasteiger charge is -2.34. The van der Waals surface area contributed by atoms with Gasteiger partial charge in [-0.2, -0.15) is 0 Å². The fourth-order valence-corrected chi connectivity index (χ4v) is 3.66. The van der Waals surface area contributed by atoms with Crippen LogP contribution in [0.4, 0.5) is 11.4 Å². The Hall–Kier alpha value is -5.14. The van der Waals surface area contributed by atoms with Gasteiger partial charge in [0.1, 0.15) is 11.5 Å². The van der Waals surface area contributed by atoms with Gasteiger partial charge in [-0.3, -0.25) is 28.8 Å². The van der Waals surface area contributed by atoms with Gasteiger partial charge in [0.25, 0.3) is 11.8 Å². The number of anilines is 2. The molecule has 226 valence electrons. The Labute approximate surface area is 241 Å². The largest absolute Gasteiger partial charge is 0.497 e. The third-order valence-corrected chi connectivity index (χ3v) is 5.34. The SMILES string of the molecule is COc1ccc(NC(=O)[C@@H](OC(C)=O)[C@@H](OC(C)=O)[C@H](OC(C)=O)[C@H](OC(C)=O)C(=O)Nc2ccc(OC)cc2)cc1. The molecule has 0 fully saturated rings. The van der Waals surface area contributed by atoms with Crippen molar-refractivity contribution in [1.82, 2.24) is 0 Å². The van der Waals surface area contributed by atoms with Gasteiger partial charge >= 0.3 is 23.9 Å². The monoisotopic (exact) mass is 588 g/mol. The quantitative estimate of drug-likeness (QED) is 0.257. The summed E-state index contributed by atoms with van der Waals surface area (Å²) in [6, 6.07) is 12.1. The molecule has 42 heavy (non-hydrogen) atoms. The first kappa shape index (κ1) is 33.1. The maximum absolute atomic E-state index is 13.4. The van der Waals surface area contributed by atoms with Crippen LogP contribution in [0.25, 0.3) is 0 Å². The van der Waals surface area contributed by atoms with Gasteiger partial charge in [-0.05, 0) is 48.5 Å². The molecule has 2 aromatic rings. The molecule has 0 saturated carbocycles. The number of hydrogen-bond donors (Lipinski definition) is 2. The van der Waals surface area contributed by atoms with Crippen molar-refractivity contribution in [3.63, 3.8) is 0 Å². The molecule has 2 N–H and O–H groups in total. The molecule has 0 bridgehead atoms. The molecule has 14 nitrogen and oxygen atoms in total. The fourth-order valence-electron chi connectivity index (χ4n) is 3.66. The summed E-state index contributed by atoms with van der Waals surface area (Å²) in [6.07, 6.45) is -7.88. The molecule has 0 aliphatic rings. The number of esters is 4. The summed E-state index contributed by atoms with van der Waals surface area (Å²) in [5.74, 6) is -5.00. The van der Waals surface area contributed by atoms with E-state index < -0.39 is 60.1 Å². The minimum atomic E-state index is -1.98. The van der Waals surface area contributed by atoms with Crippen LogP contribution in [0.15, 0.2) is 48.5 Å². The average molecular weight is 589 g/mol. The zero-order chi connectivity index (χ0) is 31.4. The molecule has 0 unspecified atom stereocenters. The first-order chi connectivity index (χ1) is 19.8. The average Bonchev–Trinajstić information content (AvgIpc) is 2.92. The van der Waals surface area contributed by atoms with Gasteiger partial charge in [0.05, 0.1) is 14.2 Å². The van der Waals surface area contributed by atoms with Crippen LogP contribution in [0.5, 0.6) is 11.5 Å². The molecule has 0 saturated heterocycles. The molecule has 0 heterocycles. The summed E-state index contributed by atoms with van der Waals surface area (Å²) in [4.78, 5) is 75.3. The zero-order valence-corrected chi connectivity index (χ0v) is 23.8. The van der Waals surface area contributed by atoms with Crippen LogP contribution >= 0.6 is 0 Å². The molecule has 0 aliphatic carbocycles. The van der Waals surface area contributed by atoms with E-state index in [1.54, 1.807) is 24.3 Å². The van der Waals surface area contributed by atoms with E-state index >= 15 is 0 Å². The van der Waals surface area contributed by atoms with Crippen molar-refractivity contribution >= 4 is 47.1 Å². The highest BCUT2D eigenvalue weighted by Crippen LogP contribution is 2.24. The van der Waals surface area contributed by atoms with Gasteiger partial charge in [0, 0.05) is 39.1 Å². The van der Waals surface area contributed by atoms with Crippen molar-refractivity contribution in [3.05, 3.63) is 48.5 Å². The Morgan fingerprint density at radius 3 is 1.02 bits per heavy atom. The van der Waals surface area contributed by atoms with Crippen molar-refractivity contribution in [1.29, 1.82) is 0 Å². The summed E-state index contributed by atoms with van der Waals surface area (Å²) >= 11 is 0. The van der Waals surface area contributed by atoms with Crippen LogP contribution in [0.3, 0.4) is 0 Å². The number of benzene rings is 2. The summed E-state index contributed by atoms with van der Waals surface area (Å²) in [7, 11) is 2.90. The van der Waals surface area contributed by atoms with E-state index in [2.05, 4.69) is 10.6 Å². The third kappa shape index (κ3) is 10.1. The van der Waals surface area contributed by atoms with Gasteiger partial charge in [-0.15, -0.1) is 0 Å². The second-order valence-corrected chi connectivity index (χ2v) is 8.64. The molecule has 0 radical (unpaired) electrons. The third-order valence-electron chi connectivity index (χ3n) is 5.34. The van der Waals surface area contributed by atoms with Crippen molar-refractivity contribution in [2.24, 2.45) is 0 Å². The highest BCUT2D eigenvalue weighted by atomic mass is 16.6. The standard InChI is InChI=1S/C28H32N2O12/c1-15(31)39-23(25(41-17(3)33)27(35)29-19-7-11-21(37-5)12-8-19)24(40-16(2)32)26(42-18(4)34)28(36)30-20-9-13-22(38-6)14-10-20/h7-14,23-26H,1-6H3,(H,29,35)(H,30,36)/t23-,24-,25-,26-/m0/s1. The second-order valence-electron chi connectivity index (χ2n) is 8.64. The van der Waals surface area contributed by atoms with Crippen LogP contribution in [0.2, 0.25) is 0 Å². The lowest BCUT2D eigenvalue weighted by molar-refractivity contribution is -0.198. The molecule has 0 spiro atoms. The Bertz CT molecular complexity index is 1180. The van der Waals surface area contributed by atoms with Gasteiger partial charge < -0.3 is 39.1 Å². The number of hydrogen-bond acceptors (Lipinski definition) is 12. The second kappa shape index (κ2) is 15.6. The van der Waals surface area contributed by atoms with E-state index in [4.69, 9.17) is 28.4 Å². The lowest BCUT2D eigenvalue weighted by atomic mass is 10.00. The number of rotatable bonds is 13. The summed E-state index contributed by atoms with van der Waals surface area (Å²) in [5.41, 5.74) is 0.467. The molecule has 2 amide bonds. The predicted octanol–water partition coefficient (Wildman–Crippen LogP) is 2.01. The van der Waals surface area contributed by atoms with Crippen molar-refractivity contribution in [2.45, 2.75) is 52.1 Å². The van der Waals surface area contributed by atoms with E-state index in [1.807, 2.05) is 0 Å². The maximum atomic E-state index is 13.4. The van der Waals surface area contributed by atoms with Crippen LogP contribution in [0, 0.1) is 0 Å². The maximum Gasteiger partial charge on any atom is 0.303 e. The molecule has 2 aromatic carbocycles. The number of nitrogens with one attached hydrogen (secondary N) is 2. The van der Waals surface area contributed by atoms with Crippen molar-refractivity contribution in [2.75, 3.05) is 24.9 Å². The smallest absolute Gasteiger partial charge is 0.303 e. The molecule has 4 atom stereocenters. The Morgan fingerprint density at radius 2 is 0.786 bits per heavy atom. The zero-order valence-electron chi connectivity index (χ0n) is 23.8. The fraction of sp³-hybridized carbons (Fsp3) is 0.357. The summed E-state index contributed by atoms with van der Waals surface area (Å²) in [5, 5.41) is 4.99. The van der Waals surface area contributed by atoms with E-state index in [1.165, 1.54) is 38.5 Å². The van der Waals surface area contributed by atoms with E-state index in [0.29, 0.717) is 11.5 Å². The summed E-state index contributed by atoms with van der Waals surface area (Å²) < 4.78 is 31.2. The van der Waals surface area contributed by atoms with E-state index in [-0.39, 0.29) is 11.4 Å². The molecule has 0 aromatic heterocycles. The summed E-state index contributed by atoms with van der Waals surface area (Å²) in [6.45, 7) is 3.92. The van der Waals surface area contributed by atoms with Crippen molar-refractivity contribution < 1.29 is 57.2 Å². The molecule has 0 aliphatic heterocycles. The Kier molecular flexibility index (Phi) is 12.3. The first-order valence-electron chi connectivity index (χ1n) is 12.4. The minimum absolute atomic E-state index is 0.234. The highest BCUT2D eigenvalue weighted by molar-refractivity contribution is 5.98. The Morgan fingerprint density at radius 1 is 0.500 bits per heavy atom.